The zero-order valence-electron chi connectivity index (χ0n) is 15.4. The van der Waals surface area contributed by atoms with Crippen molar-refractivity contribution < 1.29 is 22.3 Å². The molecule has 0 fully saturated rings. The van der Waals surface area contributed by atoms with Gasteiger partial charge in [0.15, 0.2) is 0 Å². The molecule has 0 aliphatic carbocycles. The molecule has 0 spiro atoms. The average molecular weight is 469 g/mol. The van der Waals surface area contributed by atoms with Gasteiger partial charge in [-0.25, -0.2) is 12.8 Å². The number of halogens is 3. The van der Waals surface area contributed by atoms with Gasteiger partial charge >= 0.3 is 0 Å². The second-order valence-electron chi connectivity index (χ2n) is 6.03. The molecule has 0 saturated carbocycles. The van der Waals surface area contributed by atoms with E-state index in [-0.39, 0.29) is 16.3 Å². The monoisotopic (exact) mass is 468 g/mol. The first-order valence-electron chi connectivity index (χ1n) is 8.43. The number of anilines is 2. The summed E-state index contributed by atoms with van der Waals surface area (Å²) in [5.41, 5.74) is 0.247. The molecule has 3 rings (SSSR count). The van der Waals surface area contributed by atoms with Gasteiger partial charge in [0, 0.05) is 5.69 Å². The van der Waals surface area contributed by atoms with Crippen LogP contribution in [-0.4, -0.2) is 21.4 Å². The van der Waals surface area contributed by atoms with Crippen LogP contribution < -0.4 is 14.8 Å². The number of rotatable bonds is 6. The molecule has 10 heteroatoms. The summed E-state index contributed by atoms with van der Waals surface area (Å²) in [4.78, 5) is 12.3. The van der Waals surface area contributed by atoms with Crippen molar-refractivity contribution in [3.63, 3.8) is 0 Å². The number of methoxy groups -OCH3 is 1. The molecule has 6 nitrogen and oxygen atoms in total. The van der Waals surface area contributed by atoms with Crippen LogP contribution >= 0.6 is 23.2 Å². The normalized spacial score (nSPS) is 11.1. The van der Waals surface area contributed by atoms with Crippen molar-refractivity contribution in [1.82, 2.24) is 0 Å². The summed E-state index contributed by atoms with van der Waals surface area (Å²) in [6.07, 6.45) is 0. The molecule has 0 unspecified atom stereocenters. The largest absolute Gasteiger partial charge is 0.497 e. The number of sulfonamides is 1. The Morgan fingerprint density at radius 1 is 1.00 bits per heavy atom. The summed E-state index contributed by atoms with van der Waals surface area (Å²) < 4.78 is 46.6. The van der Waals surface area contributed by atoms with Crippen LogP contribution in [0.15, 0.2) is 65.6 Å². The fourth-order valence-electron chi connectivity index (χ4n) is 2.56. The molecule has 2 N–H and O–H groups in total. The first-order chi connectivity index (χ1) is 14.2. The molecule has 1 amide bonds. The fraction of sp³-hybridized carbons (Fsp3) is 0.0500. The summed E-state index contributed by atoms with van der Waals surface area (Å²) in [7, 11) is -2.89. The van der Waals surface area contributed by atoms with Gasteiger partial charge in [0.1, 0.15) is 16.5 Å². The topological polar surface area (TPSA) is 84.5 Å². The third kappa shape index (κ3) is 4.84. The van der Waals surface area contributed by atoms with Crippen molar-refractivity contribution in [3.8, 4) is 5.75 Å². The average Bonchev–Trinajstić information content (AvgIpc) is 2.71. The molecule has 3 aromatic carbocycles. The lowest BCUT2D eigenvalue weighted by Gasteiger charge is -2.14. The van der Waals surface area contributed by atoms with Crippen molar-refractivity contribution in [1.29, 1.82) is 0 Å². The number of ether oxygens (including phenoxy) is 1. The van der Waals surface area contributed by atoms with Crippen LogP contribution in [0.1, 0.15) is 10.4 Å². The highest BCUT2D eigenvalue weighted by Crippen LogP contribution is 2.28. The van der Waals surface area contributed by atoms with E-state index in [0.29, 0.717) is 16.5 Å². The van der Waals surface area contributed by atoms with Crippen LogP contribution in [0.5, 0.6) is 5.75 Å². The summed E-state index contributed by atoms with van der Waals surface area (Å²) in [6, 6.07) is 13.6. The maximum absolute atomic E-state index is 14.0. The molecule has 0 aliphatic heterocycles. The van der Waals surface area contributed by atoms with Crippen molar-refractivity contribution in [2.24, 2.45) is 0 Å². The van der Waals surface area contributed by atoms with Gasteiger partial charge in [-0.15, -0.1) is 0 Å². The van der Waals surface area contributed by atoms with Gasteiger partial charge in [-0.05, 0) is 48.5 Å². The van der Waals surface area contributed by atoms with Gasteiger partial charge in [-0.3, -0.25) is 9.52 Å². The van der Waals surface area contributed by atoms with E-state index >= 15 is 0 Å². The minimum absolute atomic E-state index is 0.0414. The van der Waals surface area contributed by atoms with Crippen molar-refractivity contribution in [2.75, 3.05) is 17.1 Å². The third-order valence-corrected chi connectivity index (χ3v) is 6.16. The van der Waals surface area contributed by atoms with E-state index in [9.17, 15) is 17.6 Å². The Hall–Kier alpha value is -2.81. The van der Waals surface area contributed by atoms with Crippen LogP contribution in [-0.2, 0) is 10.0 Å². The Morgan fingerprint density at radius 2 is 1.73 bits per heavy atom. The predicted molar refractivity (Wildman–Crippen MR) is 115 cm³/mol. The van der Waals surface area contributed by atoms with Crippen LogP contribution in [0, 0.1) is 5.82 Å². The Morgan fingerprint density at radius 3 is 2.40 bits per heavy atom. The number of hydrogen-bond donors (Lipinski definition) is 2. The van der Waals surface area contributed by atoms with Crippen LogP contribution in [0.2, 0.25) is 10.0 Å². The highest BCUT2D eigenvalue weighted by atomic mass is 35.5. The molecule has 0 saturated heterocycles. The van der Waals surface area contributed by atoms with Gasteiger partial charge < -0.3 is 10.1 Å². The van der Waals surface area contributed by atoms with Crippen LogP contribution in [0.3, 0.4) is 0 Å². The van der Waals surface area contributed by atoms with Crippen LogP contribution in [0.4, 0.5) is 15.8 Å². The number of carbonyl (C=O) groups is 1. The van der Waals surface area contributed by atoms with Gasteiger partial charge in [0.2, 0.25) is 0 Å². The molecular formula is C20H15Cl2FN2O4S. The SMILES string of the molecule is COc1ccc(NS(=O)(=O)c2ccccc2F)c(C(=O)Nc2ccc(Cl)c(Cl)c2)c1. The Bertz CT molecular complexity index is 1220. The molecule has 0 radical (unpaired) electrons. The number of amides is 1. The lowest BCUT2D eigenvalue weighted by atomic mass is 10.1. The molecule has 30 heavy (non-hydrogen) atoms. The number of nitrogens with one attached hydrogen (secondary N) is 2. The molecule has 0 atom stereocenters. The molecule has 156 valence electrons. The van der Waals surface area contributed by atoms with Gasteiger partial charge in [0.05, 0.1) is 28.4 Å². The van der Waals surface area contributed by atoms with Crippen molar-refractivity contribution in [3.05, 3.63) is 82.1 Å². The predicted octanol–water partition coefficient (Wildman–Crippen LogP) is 5.19. The van der Waals surface area contributed by atoms with E-state index in [1.165, 1.54) is 55.6 Å². The molecule has 0 aliphatic rings. The lowest BCUT2D eigenvalue weighted by Crippen LogP contribution is -2.19. The minimum atomic E-state index is -4.29. The first kappa shape index (κ1) is 21.9. The van der Waals surface area contributed by atoms with E-state index < -0.39 is 26.6 Å². The second-order valence-corrected chi connectivity index (χ2v) is 8.50. The summed E-state index contributed by atoms with van der Waals surface area (Å²) in [5, 5.41) is 3.16. The molecule has 3 aromatic rings. The van der Waals surface area contributed by atoms with Crippen molar-refractivity contribution >= 4 is 50.5 Å². The minimum Gasteiger partial charge on any atom is -0.497 e. The van der Waals surface area contributed by atoms with E-state index in [0.717, 1.165) is 12.1 Å². The summed E-state index contributed by atoms with van der Waals surface area (Å²) in [6.45, 7) is 0. The fourth-order valence-corrected chi connectivity index (χ4v) is 4.02. The standard InChI is InChI=1S/C20H15Cl2FN2O4S/c1-29-13-7-9-18(25-30(27,28)19-5-3-2-4-17(19)23)14(11-13)20(26)24-12-6-8-15(21)16(22)10-12/h2-11,25H,1H3,(H,24,26). The second kappa shape index (κ2) is 8.91. The maximum Gasteiger partial charge on any atom is 0.264 e. The molecule has 0 bridgehead atoms. The van der Waals surface area contributed by atoms with E-state index in [1.807, 2.05) is 0 Å². The van der Waals surface area contributed by atoms with Gasteiger partial charge in [0.25, 0.3) is 15.9 Å². The quantitative estimate of drug-likeness (QED) is 0.520. The lowest BCUT2D eigenvalue weighted by molar-refractivity contribution is 0.102. The number of benzene rings is 3. The highest BCUT2D eigenvalue weighted by molar-refractivity contribution is 7.92. The zero-order valence-corrected chi connectivity index (χ0v) is 17.8. The summed E-state index contributed by atoms with van der Waals surface area (Å²) >= 11 is 11.8. The molecular weight excluding hydrogens is 454 g/mol. The number of hydrogen-bond acceptors (Lipinski definition) is 4. The zero-order chi connectivity index (χ0) is 21.9. The number of carbonyl (C=O) groups excluding carboxylic acids is 1. The van der Waals surface area contributed by atoms with E-state index in [1.54, 1.807) is 0 Å². The van der Waals surface area contributed by atoms with Crippen molar-refractivity contribution in [2.45, 2.75) is 4.90 Å². The smallest absolute Gasteiger partial charge is 0.264 e. The maximum atomic E-state index is 14.0. The summed E-state index contributed by atoms with van der Waals surface area (Å²) in [5.74, 6) is -1.23. The molecule has 0 aromatic heterocycles. The van der Waals surface area contributed by atoms with Gasteiger partial charge in [-0.1, -0.05) is 35.3 Å². The third-order valence-electron chi connectivity index (χ3n) is 4.02. The van der Waals surface area contributed by atoms with Gasteiger partial charge in [-0.2, -0.15) is 0 Å². The molecule has 0 heterocycles. The van der Waals surface area contributed by atoms with E-state index in [2.05, 4.69) is 10.0 Å². The Kier molecular flexibility index (Phi) is 6.50. The highest BCUT2D eigenvalue weighted by Gasteiger charge is 2.22. The van der Waals surface area contributed by atoms with E-state index in [4.69, 9.17) is 27.9 Å². The Labute approximate surface area is 182 Å². The Balaban J connectivity index is 1.97. The first-order valence-corrected chi connectivity index (χ1v) is 10.7. The van der Waals surface area contributed by atoms with Crippen LogP contribution in [0.25, 0.3) is 0 Å².